The summed E-state index contributed by atoms with van der Waals surface area (Å²) in [6.45, 7) is 0. The zero-order chi connectivity index (χ0) is 12.4. The number of rotatable bonds is 2. The van der Waals surface area contributed by atoms with Gasteiger partial charge in [0.2, 0.25) is 0 Å². The van der Waals surface area contributed by atoms with Gasteiger partial charge in [0.25, 0.3) is 0 Å². The lowest BCUT2D eigenvalue weighted by atomic mass is 10.1. The molecule has 1 aromatic heterocycles. The summed E-state index contributed by atoms with van der Waals surface area (Å²) in [5.74, 6) is 0. The van der Waals surface area contributed by atoms with E-state index >= 15 is 0 Å². The second-order valence-electron chi connectivity index (χ2n) is 4.12. The monoisotopic (exact) mass is 297 g/mol. The van der Waals surface area contributed by atoms with Crippen molar-refractivity contribution in [3.8, 4) is 16.8 Å². The number of halogens is 1. The predicted octanol–water partition coefficient (Wildman–Crippen LogP) is 4.91. The van der Waals surface area contributed by atoms with Crippen molar-refractivity contribution in [1.29, 1.82) is 0 Å². The lowest BCUT2D eigenvalue weighted by Gasteiger charge is -2.03. The van der Waals surface area contributed by atoms with Gasteiger partial charge in [0.15, 0.2) is 0 Å². The predicted molar refractivity (Wildman–Crippen MR) is 78.9 cm³/mol. The summed E-state index contributed by atoms with van der Waals surface area (Å²) in [5, 5.41) is 0. The third kappa shape index (κ3) is 2.12. The highest BCUT2D eigenvalue weighted by atomic mass is 79.9. The summed E-state index contributed by atoms with van der Waals surface area (Å²) in [7, 11) is 0. The van der Waals surface area contributed by atoms with Gasteiger partial charge < -0.3 is 4.57 Å². The number of nitrogens with zero attached hydrogens (tertiary/aromatic N) is 1. The molecule has 2 aromatic carbocycles. The lowest BCUT2D eigenvalue weighted by molar-refractivity contribution is 1.05. The second-order valence-corrected chi connectivity index (χ2v) is 4.94. The third-order valence-electron chi connectivity index (χ3n) is 2.91. The summed E-state index contributed by atoms with van der Waals surface area (Å²) < 4.78 is 3.20. The molecule has 0 amide bonds. The number of hydrogen-bond donors (Lipinski definition) is 0. The van der Waals surface area contributed by atoms with E-state index < -0.39 is 0 Å². The number of aromatic nitrogens is 1. The van der Waals surface area contributed by atoms with Crippen molar-refractivity contribution >= 4 is 15.9 Å². The van der Waals surface area contributed by atoms with E-state index in [0.29, 0.717) is 0 Å². The lowest BCUT2D eigenvalue weighted by Crippen LogP contribution is -1.90. The molecule has 88 valence electrons. The maximum Gasteiger partial charge on any atom is 0.0898 e. The Hall–Kier alpha value is -1.80. The van der Waals surface area contributed by atoms with Crippen LogP contribution >= 0.6 is 15.9 Å². The zero-order valence-electron chi connectivity index (χ0n) is 9.75. The molecule has 1 heterocycles. The van der Waals surface area contributed by atoms with Crippen molar-refractivity contribution in [2.75, 3.05) is 0 Å². The molecule has 0 aliphatic heterocycles. The van der Waals surface area contributed by atoms with E-state index in [9.17, 15) is 0 Å². The van der Waals surface area contributed by atoms with Gasteiger partial charge in [-0.1, -0.05) is 48.5 Å². The van der Waals surface area contributed by atoms with Crippen molar-refractivity contribution in [3.05, 3.63) is 77.5 Å². The van der Waals surface area contributed by atoms with Crippen LogP contribution in [-0.4, -0.2) is 4.57 Å². The Bertz CT molecular complexity index is 641. The molecule has 0 saturated carbocycles. The minimum absolute atomic E-state index is 1.06. The molecule has 0 aliphatic rings. The fourth-order valence-electron chi connectivity index (χ4n) is 2.01. The Kier molecular flexibility index (Phi) is 3.03. The van der Waals surface area contributed by atoms with Gasteiger partial charge in [0, 0.05) is 17.4 Å². The smallest absolute Gasteiger partial charge is 0.0898 e. The fourth-order valence-corrected chi connectivity index (χ4v) is 2.56. The summed E-state index contributed by atoms with van der Waals surface area (Å²) in [4.78, 5) is 0. The van der Waals surface area contributed by atoms with E-state index in [0.717, 1.165) is 10.3 Å². The van der Waals surface area contributed by atoms with Gasteiger partial charge in [-0.05, 0) is 39.7 Å². The molecule has 18 heavy (non-hydrogen) atoms. The molecule has 0 fully saturated rings. The molecule has 0 bridgehead atoms. The van der Waals surface area contributed by atoms with E-state index in [1.807, 2.05) is 24.3 Å². The van der Waals surface area contributed by atoms with Crippen molar-refractivity contribution in [2.45, 2.75) is 0 Å². The Morgan fingerprint density at radius 2 is 1.33 bits per heavy atom. The van der Waals surface area contributed by atoms with Gasteiger partial charge in [-0.25, -0.2) is 0 Å². The average Bonchev–Trinajstić information content (AvgIpc) is 2.83. The van der Waals surface area contributed by atoms with E-state index in [1.165, 1.54) is 11.1 Å². The Labute approximate surface area is 115 Å². The van der Waals surface area contributed by atoms with Gasteiger partial charge in [-0.15, -0.1) is 0 Å². The number of hydrogen-bond acceptors (Lipinski definition) is 0. The minimum atomic E-state index is 1.06. The van der Waals surface area contributed by atoms with Crippen LogP contribution in [-0.2, 0) is 0 Å². The second kappa shape index (κ2) is 4.83. The van der Waals surface area contributed by atoms with Crippen LogP contribution in [0.15, 0.2) is 77.5 Å². The van der Waals surface area contributed by atoms with Crippen LogP contribution in [0.5, 0.6) is 0 Å². The SMILES string of the molecule is Brc1cc(-c2ccccc2)cn1-c1ccccc1. The van der Waals surface area contributed by atoms with Gasteiger partial charge in [-0.2, -0.15) is 0 Å². The molecule has 2 heteroatoms. The molecule has 0 spiro atoms. The van der Waals surface area contributed by atoms with Gasteiger partial charge >= 0.3 is 0 Å². The van der Waals surface area contributed by atoms with Crippen molar-refractivity contribution in [1.82, 2.24) is 4.57 Å². The standard InChI is InChI=1S/C16H12BrN/c17-16-11-14(13-7-3-1-4-8-13)12-18(16)15-9-5-2-6-10-15/h1-12H. The van der Waals surface area contributed by atoms with Gasteiger partial charge in [0.05, 0.1) is 4.60 Å². The van der Waals surface area contributed by atoms with Crippen molar-refractivity contribution in [2.24, 2.45) is 0 Å². The topological polar surface area (TPSA) is 4.93 Å². The highest BCUT2D eigenvalue weighted by Gasteiger charge is 2.06. The largest absolute Gasteiger partial charge is 0.311 e. The highest BCUT2D eigenvalue weighted by Crippen LogP contribution is 2.27. The molecule has 3 aromatic rings. The van der Waals surface area contributed by atoms with Crippen molar-refractivity contribution in [3.63, 3.8) is 0 Å². The molecule has 0 N–H and O–H groups in total. The summed E-state index contributed by atoms with van der Waals surface area (Å²) in [6.07, 6.45) is 2.15. The maximum atomic E-state index is 3.61. The fraction of sp³-hybridized carbons (Fsp3) is 0. The first-order valence-corrected chi connectivity index (χ1v) is 6.62. The molecule has 1 nitrogen and oxygen atoms in total. The first-order valence-electron chi connectivity index (χ1n) is 5.83. The maximum absolute atomic E-state index is 3.61. The molecule has 0 atom stereocenters. The van der Waals surface area contributed by atoms with Gasteiger partial charge in [0.1, 0.15) is 0 Å². The van der Waals surface area contributed by atoms with Crippen LogP contribution < -0.4 is 0 Å². The van der Waals surface area contributed by atoms with Crippen LogP contribution in [0.2, 0.25) is 0 Å². The zero-order valence-corrected chi connectivity index (χ0v) is 11.3. The summed E-state index contributed by atoms with van der Waals surface area (Å²) >= 11 is 3.61. The third-order valence-corrected chi connectivity index (χ3v) is 3.53. The molecule has 0 radical (unpaired) electrons. The molecule has 0 aliphatic carbocycles. The average molecular weight is 298 g/mol. The number of para-hydroxylation sites is 1. The summed E-state index contributed by atoms with van der Waals surface area (Å²) in [5.41, 5.74) is 3.60. The highest BCUT2D eigenvalue weighted by molar-refractivity contribution is 9.10. The molecular formula is C16H12BrN. The normalized spacial score (nSPS) is 10.5. The molecule has 0 unspecified atom stereocenters. The van der Waals surface area contributed by atoms with E-state index in [1.54, 1.807) is 0 Å². The van der Waals surface area contributed by atoms with E-state index in [4.69, 9.17) is 0 Å². The van der Waals surface area contributed by atoms with E-state index in [2.05, 4.69) is 69.2 Å². The summed E-state index contributed by atoms with van der Waals surface area (Å²) in [6, 6.07) is 22.8. The van der Waals surface area contributed by atoms with Crippen LogP contribution in [0.25, 0.3) is 16.8 Å². The Balaban J connectivity index is 2.07. The first kappa shape index (κ1) is 11.3. The molecule has 0 saturated heterocycles. The Morgan fingerprint density at radius 3 is 2.00 bits per heavy atom. The van der Waals surface area contributed by atoms with Crippen LogP contribution in [0.3, 0.4) is 0 Å². The van der Waals surface area contributed by atoms with E-state index in [-0.39, 0.29) is 0 Å². The minimum Gasteiger partial charge on any atom is -0.311 e. The molecule has 3 rings (SSSR count). The Morgan fingerprint density at radius 1 is 0.722 bits per heavy atom. The first-order chi connectivity index (χ1) is 8.84. The van der Waals surface area contributed by atoms with Crippen LogP contribution in [0, 0.1) is 0 Å². The van der Waals surface area contributed by atoms with Gasteiger partial charge in [-0.3, -0.25) is 0 Å². The van der Waals surface area contributed by atoms with Crippen molar-refractivity contribution < 1.29 is 0 Å². The number of benzene rings is 2. The van der Waals surface area contributed by atoms with Crippen LogP contribution in [0.1, 0.15) is 0 Å². The quantitative estimate of drug-likeness (QED) is 0.633. The van der Waals surface area contributed by atoms with Crippen LogP contribution in [0.4, 0.5) is 0 Å². The molecular weight excluding hydrogens is 286 g/mol.